The second kappa shape index (κ2) is 13.0. The molecule has 3 heterocycles. The first kappa shape index (κ1) is 31.1. The summed E-state index contributed by atoms with van der Waals surface area (Å²) in [5.41, 5.74) is 15.3. The van der Waals surface area contributed by atoms with Gasteiger partial charge < -0.3 is 9.97 Å². The number of aryl methyl sites for hydroxylation is 2. The quantitative estimate of drug-likeness (QED) is 0.166. The molecule has 2 aliphatic carbocycles. The number of thiophene rings is 1. The summed E-state index contributed by atoms with van der Waals surface area (Å²) >= 11 is 1.88. The van der Waals surface area contributed by atoms with E-state index in [1.54, 1.807) is 6.20 Å². The number of aromatic nitrogens is 2. The molecule has 1 unspecified atom stereocenters. The van der Waals surface area contributed by atoms with Crippen LogP contribution in [0.3, 0.4) is 0 Å². The van der Waals surface area contributed by atoms with Crippen LogP contribution in [0.5, 0.6) is 0 Å². The Hall–Kier alpha value is -4.47. The van der Waals surface area contributed by atoms with Crippen LogP contribution in [-0.4, -0.2) is 9.97 Å². The molecule has 1 spiro atoms. The molecule has 0 fully saturated rings. The summed E-state index contributed by atoms with van der Waals surface area (Å²) in [5.74, 6) is 0. The molecule has 1 radical (unpaired) electrons. The van der Waals surface area contributed by atoms with Gasteiger partial charge in [0.1, 0.15) is 0 Å². The van der Waals surface area contributed by atoms with E-state index >= 15 is 0 Å². The number of fused-ring (bicyclic) bond motifs is 6. The van der Waals surface area contributed by atoms with E-state index in [1.807, 2.05) is 72.1 Å². The van der Waals surface area contributed by atoms with E-state index in [-0.39, 0.29) is 25.5 Å². The van der Waals surface area contributed by atoms with Crippen molar-refractivity contribution in [1.29, 1.82) is 0 Å². The van der Waals surface area contributed by atoms with E-state index in [9.17, 15) is 0 Å². The average Bonchev–Trinajstić information content (AvgIpc) is 3.80. The van der Waals surface area contributed by atoms with Crippen LogP contribution in [0.25, 0.3) is 44.1 Å². The van der Waals surface area contributed by atoms with E-state index < -0.39 is 0 Å². The van der Waals surface area contributed by atoms with Crippen molar-refractivity contribution in [3.63, 3.8) is 0 Å². The standard InChI is InChI=1S/C32H24NS.C11H8N.Ir/c1-20-6-11-26-27-12-10-23(31-13-7-21(2)34-31)17-29(27)32(28(26)15-20)18-24-9-8-22(16-25(24)19-32)30-5-3-4-14-33-30;1-2-6-10(7-3-1)11-8-4-5-9-12-11;/h3-7,9-17H,18-19H2,1-2H3;1-6,8-9H;/q2*-1;. The van der Waals surface area contributed by atoms with Crippen molar-refractivity contribution in [2.24, 2.45) is 0 Å². The third-order valence-electron chi connectivity index (χ3n) is 9.25. The Balaban J connectivity index is 0.000000228. The van der Waals surface area contributed by atoms with Crippen molar-refractivity contribution in [3.05, 3.63) is 179 Å². The maximum atomic E-state index is 4.56. The van der Waals surface area contributed by atoms with Gasteiger partial charge in [0.25, 0.3) is 0 Å². The number of hydrogen-bond donors (Lipinski definition) is 0. The monoisotopic (exact) mass is 801 g/mol. The largest absolute Gasteiger partial charge is 0.305 e. The molecule has 0 saturated heterocycles. The minimum Gasteiger partial charge on any atom is -0.305 e. The first-order valence-corrected chi connectivity index (χ1v) is 16.5. The fraction of sp³-hybridized carbons (Fsp3) is 0.116. The Morgan fingerprint density at radius 2 is 1.34 bits per heavy atom. The molecular formula is C43H32IrN2S-2. The summed E-state index contributed by atoms with van der Waals surface area (Å²) in [6, 6.07) is 49.6. The van der Waals surface area contributed by atoms with Gasteiger partial charge in [-0.15, -0.1) is 82.1 Å². The van der Waals surface area contributed by atoms with Crippen molar-refractivity contribution >= 4 is 11.3 Å². The Labute approximate surface area is 294 Å². The van der Waals surface area contributed by atoms with E-state index in [4.69, 9.17) is 0 Å². The molecule has 2 nitrogen and oxygen atoms in total. The predicted octanol–water partition coefficient (Wildman–Crippen LogP) is 10.5. The molecule has 231 valence electrons. The van der Waals surface area contributed by atoms with Gasteiger partial charge in [-0.1, -0.05) is 60.2 Å². The first-order chi connectivity index (χ1) is 22.6. The van der Waals surface area contributed by atoms with Crippen LogP contribution in [0.15, 0.2) is 134 Å². The van der Waals surface area contributed by atoms with Crippen molar-refractivity contribution in [2.75, 3.05) is 0 Å². The Bertz CT molecular complexity index is 2140. The van der Waals surface area contributed by atoms with Crippen molar-refractivity contribution in [3.8, 4) is 44.1 Å². The first-order valence-electron chi connectivity index (χ1n) is 15.7. The summed E-state index contributed by atoms with van der Waals surface area (Å²) in [6.07, 6.45) is 5.69. The fourth-order valence-electron chi connectivity index (χ4n) is 7.09. The molecule has 3 aromatic heterocycles. The summed E-state index contributed by atoms with van der Waals surface area (Å²) in [5, 5.41) is 0. The van der Waals surface area contributed by atoms with Gasteiger partial charge in [0.2, 0.25) is 0 Å². The summed E-state index contributed by atoms with van der Waals surface area (Å²) in [6.45, 7) is 4.40. The van der Waals surface area contributed by atoms with Gasteiger partial charge in [0.05, 0.1) is 0 Å². The normalized spacial score (nSPS) is 15.2. The number of benzene rings is 4. The topological polar surface area (TPSA) is 25.8 Å². The molecular weight excluding hydrogens is 769 g/mol. The van der Waals surface area contributed by atoms with Crippen molar-refractivity contribution in [1.82, 2.24) is 9.97 Å². The van der Waals surface area contributed by atoms with Gasteiger partial charge in [-0.25, -0.2) is 0 Å². The molecule has 0 bridgehead atoms. The maximum absolute atomic E-state index is 4.56. The smallest absolute Gasteiger partial charge is 0.0345 e. The van der Waals surface area contributed by atoms with Crippen LogP contribution in [0.1, 0.15) is 32.7 Å². The summed E-state index contributed by atoms with van der Waals surface area (Å²) < 4.78 is 0. The number of hydrogen-bond acceptors (Lipinski definition) is 3. The Morgan fingerprint density at radius 3 is 2.02 bits per heavy atom. The van der Waals surface area contributed by atoms with Crippen LogP contribution in [0.4, 0.5) is 0 Å². The molecule has 1 atom stereocenters. The third-order valence-corrected chi connectivity index (χ3v) is 10.3. The SMILES string of the molecule is Cc1ccc2c(c1)C1(Cc3c[c-]c(-c4ccccn4)cc3C1)c1cc(-c3ccc(C)s3)ccc1-2.[Ir].[c-]1ccccc1-c1ccccn1. The fourth-order valence-corrected chi connectivity index (χ4v) is 7.95. The molecule has 0 aliphatic heterocycles. The van der Waals surface area contributed by atoms with Gasteiger partial charge in [-0.05, 0) is 96.2 Å². The second-order valence-corrected chi connectivity index (χ2v) is 13.5. The van der Waals surface area contributed by atoms with Gasteiger partial charge in [-0.2, -0.15) is 0 Å². The average molecular weight is 801 g/mol. The van der Waals surface area contributed by atoms with E-state index in [0.29, 0.717) is 0 Å². The molecule has 0 amide bonds. The van der Waals surface area contributed by atoms with E-state index in [2.05, 4.69) is 103 Å². The minimum absolute atomic E-state index is 0. The van der Waals surface area contributed by atoms with Gasteiger partial charge in [-0.3, -0.25) is 0 Å². The van der Waals surface area contributed by atoms with Gasteiger partial charge >= 0.3 is 0 Å². The van der Waals surface area contributed by atoms with E-state index in [0.717, 1.165) is 35.4 Å². The zero-order valence-electron chi connectivity index (χ0n) is 26.3. The zero-order valence-corrected chi connectivity index (χ0v) is 29.5. The van der Waals surface area contributed by atoms with Gasteiger partial charge in [0, 0.05) is 47.7 Å². The molecule has 0 saturated carbocycles. The van der Waals surface area contributed by atoms with Gasteiger partial charge in [0.15, 0.2) is 0 Å². The van der Waals surface area contributed by atoms with Crippen LogP contribution >= 0.6 is 11.3 Å². The maximum Gasteiger partial charge on any atom is 0.0345 e. The molecule has 9 rings (SSSR count). The van der Waals surface area contributed by atoms with Crippen molar-refractivity contribution < 1.29 is 20.1 Å². The van der Waals surface area contributed by atoms with Crippen LogP contribution in [0.2, 0.25) is 0 Å². The van der Waals surface area contributed by atoms with Crippen molar-refractivity contribution in [2.45, 2.75) is 32.1 Å². The molecule has 2 aliphatic rings. The molecule has 7 aromatic rings. The molecule has 4 heteroatoms. The number of pyridine rings is 2. The van der Waals surface area contributed by atoms with Crippen LogP contribution in [0, 0.1) is 26.0 Å². The van der Waals surface area contributed by atoms with Crippen LogP contribution < -0.4 is 0 Å². The minimum atomic E-state index is -0.0160. The third kappa shape index (κ3) is 5.83. The summed E-state index contributed by atoms with van der Waals surface area (Å²) in [4.78, 5) is 11.5. The zero-order chi connectivity index (χ0) is 31.1. The number of nitrogens with zero attached hydrogens (tertiary/aromatic N) is 2. The Morgan fingerprint density at radius 1 is 0.638 bits per heavy atom. The van der Waals surface area contributed by atoms with E-state index in [1.165, 1.54) is 54.3 Å². The van der Waals surface area contributed by atoms with Crippen LogP contribution in [-0.2, 0) is 38.4 Å². The predicted molar refractivity (Wildman–Crippen MR) is 190 cm³/mol. The Kier molecular flexibility index (Phi) is 8.59. The molecule has 4 aromatic carbocycles. The number of rotatable bonds is 3. The molecule has 47 heavy (non-hydrogen) atoms. The second-order valence-electron chi connectivity index (χ2n) is 12.3. The molecule has 0 N–H and O–H groups in total. The summed E-state index contributed by atoms with van der Waals surface area (Å²) in [7, 11) is 0.